The van der Waals surface area contributed by atoms with Gasteiger partial charge in [-0.15, -0.1) is 0 Å². The Bertz CT molecular complexity index is 356. The maximum atomic E-state index is 11.7. The minimum Gasteiger partial charge on any atom is -0.393 e. The Morgan fingerprint density at radius 1 is 0.963 bits per heavy atom. The first-order chi connectivity index (χ1) is 13.1. The van der Waals surface area contributed by atoms with Gasteiger partial charge in [0.1, 0.15) is 0 Å². The third-order valence-electron chi connectivity index (χ3n) is 4.84. The second kappa shape index (κ2) is 19.9. The van der Waals surface area contributed by atoms with E-state index in [1.807, 2.05) is 0 Å². The van der Waals surface area contributed by atoms with Crippen LogP contribution in [0.2, 0.25) is 0 Å². The van der Waals surface area contributed by atoms with Crippen LogP contribution in [0, 0.1) is 0 Å². The molecule has 1 unspecified atom stereocenters. The summed E-state index contributed by atoms with van der Waals surface area (Å²) >= 11 is 0. The topological polar surface area (TPSA) is 52.6 Å². The van der Waals surface area contributed by atoms with Gasteiger partial charge in [-0.1, -0.05) is 64.0 Å². The fourth-order valence-corrected chi connectivity index (χ4v) is 3.09. The molecule has 0 saturated heterocycles. The van der Waals surface area contributed by atoms with Gasteiger partial charge >= 0.3 is 0 Å². The van der Waals surface area contributed by atoms with Crippen LogP contribution in [0.15, 0.2) is 12.2 Å². The molecule has 160 valence electrons. The van der Waals surface area contributed by atoms with Gasteiger partial charge in [-0.2, -0.15) is 0 Å². The van der Waals surface area contributed by atoms with Crippen molar-refractivity contribution >= 4 is 5.91 Å². The molecule has 0 radical (unpaired) electrons. The molecule has 0 aliphatic heterocycles. The van der Waals surface area contributed by atoms with Crippen LogP contribution >= 0.6 is 0 Å². The molecule has 4 heteroatoms. The Labute approximate surface area is 168 Å². The first-order valence-corrected chi connectivity index (χ1v) is 11.3. The summed E-state index contributed by atoms with van der Waals surface area (Å²) in [7, 11) is 4.10. The van der Waals surface area contributed by atoms with Crippen molar-refractivity contribution in [2.45, 2.75) is 103 Å². The lowest BCUT2D eigenvalue weighted by Crippen LogP contribution is -2.26. The molecule has 0 bridgehead atoms. The number of aliphatic hydroxyl groups is 1. The van der Waals surface area contributed by atoms with E-state index in [0.717, 1.165) is 58.0 Å². The number of nitrogens with zero attached hydrogens (tertiary/aromatic N) is 1. The molecule has 1 atom stereocenters. The van der Waals surface area contributed by atoms with Gasteiger partial charge in [0.05, 0.1) is 6.10 Å². The van der Waals surface area contributed by atoms with Crippen LogP contribution in [0.5, 0.6) is 0 Å². The van der Waals surface area contributed by atoms with Gasteiger partial charge in [0, 0.05) is 13.0 Å². The highest BCUT2D eigenvalue weighted by Gasteiger charge is 2.01. The highest BCUT2D eigenvalue weighted by Crippen LogP contribution is 2.10. The number of allylic oxidation sites excluding steroid dienone is 1. The minimum atomic E-state index is -0.160. The van der Waals surface area contributed by atoms with Gasteiger partial charge in [0.15, 0.2) is 0 Å². The van der Waals surface area contributed by atoms with Crippen LogP contribution in [0.3, 0.4) is 0 Å². The quantitative estimate of drug-likeness (QED) is 0.242. The summed E-state index contributed by atoms with van der Waals surface area (Å²) in [6.45, 7) is 4.02. The number of rotatable bonds is 19. The lowest BCUT2D eigenvalue weighted by atomic mass is 10.1. The number of nitrogens with one attached hydrogen (secondary N) is 1. The number of unbranched alkanes of at least 4 members (excludes halogenated alkanes) is 8. The van der Waals surface area contributed by atoms with E-state index >= 15 is 0 Å². The molecule has 27 heavy (non-hydrogen) atoms. The Kier molecular flexibility index (Phi) is 19.2. The molecule has 0 fully saturated rings. The van der Waals surface area contributed by atoms with Gasteiger partial charge < -0.3 is 15.3 Å². The zero-order valence-electron chi connectivity index (χ0n) is 18.3. The molecule has 2 N–H and O–H groups in total. The Morgan fingerprint density at radius 2 is 1.67 bits per heavy atom. The van der Waals surface area contributed by atoms with Gasteiger partial charge in [-0.3, -0.25) is 4.79 Å². The predicted molar refractivity (Wildman–Crippen MR) is 117 cm³/mol. The van der Waals surface area contributed by atoms with Crippen molar-refractivity contribution in [2.75, 3.05) is 27.2 Å². The van der Waals surface area contributed by atoms with E-state index in [-0.39, 0.29) is 12.0 Å². The minimum absolute atomic E-state index is 0.160. The number of amides is 1. The maximum Gasteiger partial charge on any atom is 0.219 e. The van der Waals surface area contributed by atoms with Gasteiger partial charge in [-0.25, -0.2) is 0 Å². The number of carbonyl (C=O) groups excluding carboxylic acids is 1. The first-order valence-electron chi connectivity index (χ1n) is 11.3. The lowest BCUT2D eigenvalue weighted by molar-refractivity contribution is -0.121. The van der Waals surface area contributed by atoms with Crippen molar-refractivity contribution in [1.82, 2.24) is 10.2 Å². The zero-order valence-corrected chi connectivity index (χ0v) is 18.3. The summed E-state index contributed by atoms with van der Waals surface area (Å²) in [6, 6.07) is 0. The van der Waals surface area contributed by atoms with E-state index in [9.17, 15) is 9.90 Å². The average molecular weight is 383 g/mol. The van der Waals surface area contributed by atoms with Gasteiger partial charge in [0.2, 0.25) is 5.91 Å². The van der Waals surface area contributed by atoms with E-state index < -0.39 is 0 Å². The molecular formula is C23H46N2O2. The third kappa shape index (κ3) is 21.3. The Hall–Kier alpha value is -0.870. The maximum absolute atomic E-state index is 11.7. The van der Waals surface area contributed by atoms with E-state index in [1.54, 1.807) is 0 Å². The molecule has 1 amide bonds. The second-order valence-corrected chi connectivity index (χ2v) is 8.02. The molecular weight excluding hydrogens is 336 g/mol. The summed E-state index contributed by atoms with van der Waals surface area (Å²) in [5.41, 5.74) is 0. The zero-order chi connectivity index (χ0) is 20.2. The fraction of sp³-hybridized carbons (Fsp3) is 0.870. The van der Waals surface area contributed by atoms with E-state index in [2.05, 4.69) is 43.4 Å². The molecule has 0 aliphatic carbocycles. The Balaban J connectivity index is 3.33. The van der Waals surface area contributed by atoms with Crippen LogP contribution in [0.4, 0.5) is 0 Å². The van der Waals surface area contributed by atoms with Crippen LogP contribution < -0.4 is 5.32 Å². The van der Waals surface area contributed by atoms with E-state index in [4.69, 9.17) is 0 Å². The van der Waals surface area contributed by atoms with Gasteiger partial charge in [-0.05, 0) is 59.2 Å². The second-order valence-electron chi connectivity index (χ2n) is 8.02. The summed E-state index contributed by atoms with van der Waals surface area (Å²) in [4.78, 5) is 13.8. The van der Waals surface area contributed by atoms with Crippen molar-refractivity contribution < 1.29 is 9.90 Å². The SMILES string of the molecule is CCCCCCC(O)CC=CCCCCCCCC(=O)NCCCN(C)C. The molecule has 0 heterocycles. The van der Waals surface area contributed by atoms with Crippen molar-refractivity contribution in [3.8, 4) is 0 Å². The first kappa shape index (κ1) is 26.1. The lowest BCUT2D eigenvalue weighted by Gasteiger charge is -2.09. The number of hydrogen-bond donors (Lipinski definition) is 2. The number of aliphatic hydroxyl groups excluding tert-OH is 1. The summed E-state index contributed by atoms with van der Waals surface area (Å²) in [6.07, 6.45) is 19.4. The normalized spacial score (nSPS) is 12.8. The molecule has 0 aromatic rings. The molecule has 0 saturated carbocycles. The summed E-state index contributed by atoms with van der Waals surface area (Å²) < 4.78 is 0. The van der Waals surface area contributed by atoms with Gasteiger partial charge in [0.25, 0.3) is 0 Å². The summed E-state index contributed by atoms with van der Waals surface area (Å²) in [5, 5.41) is 12.9. The standard InChI is InChI=1S/C23H46N2O2/c1-4-5-6-13-17-22(26)18-14-11-9-7-8-10-12-15-19-23(27)24-20-16-21-25(2)3/h11,14,22,26H,4-10,12-13,15-21H2,1-3H3,(H,24,27). The smallest absolute Gasteiger partial charge is 0.219 e. The highest BCUT2D eigenvalue weighted by atomic mass is 16.3. The van der Waals surface area contributed by atoms with Crippen LogP contribution in [0.25, 0.3) is 0 Å². The van der Waals surface area contributed by atoms with Crippen LogP contribution in [-0.4, -0.2) is 49.2 Å². The van der Waals surface area contributed by atoms with Crippen LogP contribution in [0.1, 0.15) is 96.8 Å². The molecule has 4 nitrogen and oxygen atoms in total. The molecule has 0 aromatic heterocycles. The van der Waals surface area contributed by atoms with Crippen molar-refractivity contribution in [1.29, 1.82) is 0 Å². The average Bonchev–Trinajstić information content (AvgIpc) is 2.63. The number of carbonyl (C=O) groups is 1. The van der Waals surface area contributed by atoms with E-state index in [1.165, 1.54) is 38.5 Å². The largest absolute Gasteiger partial charge is 0.393 e. The summed E-state index contributed by atoms with van der Waals surface area (Å²) in [5.74, 6) is 0.199. The van der Waals surface area contributed by atoms with Crippen molar-refractivity contribution in [3.63, 3.8) is 0 Å². The molecule has 0 spiro atoms. The fourth-order valence-electron chi connectivity index (χ4n) is 3.09. The monoisotopic (exact) mass is 382 g/mol. The van der Waals surface area contributed by atoms with E-state index in [0.29, 0.717) is 6.42 Å². The Morgan fingerprint density at radius 3 is 2.41 bits per heavy atom. The third-order valence-corrected chi connectivity index (χ3v) is 4.84. The number of hydrogen-bond acceptors (Lipinski definition) is 3. The van der Waals surface area contributed by atoms with Crippen molar-refractivity contribution in [3.05, 3.63) is 12.2 Å². The van der Waals surface area contributed by atoms with Crippen LogP contribution in [-0.2, 0) is 4.79 Å². The predicted octanol–water partition coefficient (Wildman–Crippen LogP) is 5.06. The molecule has 0 aliphatic rings. The molecule has 0 rings (SSSR count). The molecule has 0 aromatic carbocycles. The van der Waals surface area contributed by atoms with Crippen molar-refractivity contribution in [2.24, 2.45) is 0 Å². The highest BCUT2D eigenvalue weighted by molar-refractivity contribution is 5.75.